The van der Waals surface area contributed by atoms with Crippen molar-refractivity contribution in [2.75, 3.05) is 25.0 Å². The second-order valence-electron chi connectivity index (χ2n) is 6.15. The number of nitrogens with one attached hydrogen (secondary N) is 1. The Bertz CT molecular complexity index is 593. The molecule has 0 amide bonds. The van der Waals surface area contributed by atoms with Gasteiger partial charge in [-0.25, -0.2) is 0 Å². The minimum absolute atomic E-state index is 0.697. The highest BCUT2D eigenvalue weighted by atomic mass is 15.2. The van der Waals surface area contributed by atoms with E-state index in [1.165, 1.54) is 16.8 Å². The molecule has 1 aliphatic heterocycles. The molecule has 0 fully saturated rings. The van der Waals surface area contributed by atoms with Crippen molar-refractivity contribution < 1.29 is 0 Å². The van der Waals surface area contributed by atoms with Gasteiger partial charge in [-0.1, -0.05) is 44.2 Å². The first-order valence-electron chi connectivity index (χ1n) is 7.73. The fourth-order valence-corrected chi connectivity index (χ4v) is 2.88. The Balaban J connectivity index is 1.85. The molecule has 0 radical (unpaired) electrons. The Kier molecular flexibility index (Phi) is 4.20. The molecule has 110 valence electrons. The minimum Gasteiger partial charge on any atom is -0.383 e. The molecular weight excluding hydrogens is 258 g/mol. The molecule has 3 heteroatoms. The van der Waals surface area contributed by atoms with Crippen LogP contribution in [0.15, 0.2) is 42.6 Å². The van der Waals surface area contributed by atoms with E-state index in [4.69, 9.17) is 0 Å². The summed E-state index contributed by atoms with van der Waals surface area (Å²) < 4.78 is 0. The van der Waals surface area contributed by atoms with E-state index < -0.39 is 0 Å². The molecule has 0 bridgehead atoms. The van der Waals surface area contributed by atoms with Gasteiger partial charge < -0.3 is 5.32 Å². The lowest BCUT2D eigenvalue weighted by molar-refractivity contribution is 0.248. The number of fused-ring (bicyclic) bond motifs is 1. The molecule has 0 spiro atoms. The van der Waals surface area contributed by atoms with E-state index in [1.54, 1.807) is 0 Å². The Labute approximate surface area is 127 Å². The molecule has 0 atom stereocenters. The predicted molar refractivity (Wildman–Crippen MR) is 88.3 cm³/mol. The van der Waals surface area contributed by atoms with Gasteiger partial charge in [0.1, 0.15) is 0 Å². The van der Waals surface area contributed by atoms with Crippen molar-refractivity contribution in [3.63, 3.8) is 0 Å². The molecule has 21 heavy (non-hydrogen) atoms. The van der Waals surface area contributed by atoms with Crippen LogP contribution in [0.4, 0.5) is 5.69 Å². The van der Waals surface area contributed by atoms with E-state index >= 15 is 0 Å². The first-order valence-corrected chi connectivity index (χ1v) is 7.73. The van der Waals surface area contributed by atoms with Crippen molar-refractivity contribution in [2.24, 2.45) is 5.92 Å². The van der Waals surface area contributed by atoms with Gasteiger partial charge in [-0.2, -0.15) is 0 Å². The van der Waals surface area contributed by atoms with Gasteiger partial charge in [-0.05, 0) is 12.0 Å². The Morgan fingerprint density at radius 3 is 2.81 bits per heavy atom. The van der Waals surface area contributed by atoms with Crippen LogP contribution in [-0.4, -0.2) is 29.5 Å². The molecular formula is C18H23N3. The number of aromatic nitrogens is 1. The van der Waals surface area contributed by atoms with Crippen LogP contribution in [0, 0.1) is 5.92 Å². The SMILES string of the molecule is CC(C)CN1CCNc2cc(-c3ccccc3)ncc2C1. The summed E-state index contributed by atoms with van der Waals surface area (Å²) >= 11 is 0. The molecule has 1 aromatic heterocycles. The van der Waals surface area contributed by atoms with Gasteiger partial charge in [0.2, 0.25) is 0 Å². The number of hydrogen-bond donors (Lipinski definition) is 1. The van der Waals surface area contributed by atoms with Crippen LogP contribution in [0.2, 0.25) is 0 Å². The molecule has 0 unspecified atom stereocenters. The van der Waals surface area contributed by atoms with Crippen molar-refractivity contribution in [1.82, 2.24) is 9.88 Å². The van der Waals surface area contributed by atoms with Crippen LogP contribution in [0.1, 0.15) is 19.4 Å². The van der Waals surface area contributed by atoms with Gasteiger partial charge >= 0.3 is 0 Å². The van der Waals surface area contributed by atoms with Gasteiger partial charge in [0, 0.05) is 49.2 Å². The maximum Gasteiger partial charge on any atom is 0.0722 e. The number of anilines is 1. The van der Waals surface area contributed by atoms with Gasteiger partial charge in [0.15, 0.2) is 0 Å². The summed E-state index contributed by atoms with van der Waals surface area (Å²) in [5.74, 6) is 0.697. The van der Waals surface area contributed by atoms with Gasteiger partial charge in [0.25, 0.3) is 0 Å². The summed E-state index contributed by atoms with van der Waals surface area (Å²) in [7, 11) is 0. The van der Waals surface area contributed by atoms with Gasteiger partial charge in [-0.3, -0.25) is 9.88 Å². The third kappa shape index (κ3) is 3.42. The van der Waals surface area contributed by atoms with Crippen LogP contribution in [0.25, 0.3) is 11.3 Å². The molecule has 3 rings (SSSR count). The van der Waals surface area contributed by atoms with Crippen molar-refractivity contribution in [3.8, 4) is 11.3 Å². The maximum atomic E-state index is 4.65. The van der Waals surface area contributed by atoms with Gasteiger partial charge in [0.05, 0.1) is 5.69 Å². The lowest BCUT2D eigenvalue weighted by Crippen LogP contribution is -2.29. The standard InChI is InChI=1S/C18H23N3/c1-14(2)12-21-9-8-19-18-10-17(20-11-16(18)13-21)15-6-4-3-5-7-15/h3-7,10-11,14,19H,8-9,12-13H2,1-2H3. The van der Waals surface area contributed by atoms with Crippen LogP contribution in [-0.2, 0) is 6.54 Å². The topological polar surface area (TPSA) is 28.2 Å². The van der Waals surface area contributed by atoms with Gasteiger partial charge in [-0.15, -0.1) is 0 Å². The lowest BCUT2D eigenvalue weighted by atomic mass is 10.1. The highest BCUT2D eigenvalue weighted by Gasteiger charge is 2.16. The zero-order chi connectivity index (χ0) is 14.7. The lowest BCUT2D eigenvalue weighted by Gasteiger charge is -2.21. The number of rotatable bonds is 3. The Hall–Kier alpha value is -1.87. The monoisotopic (exact) mass is 281 g/mol. The molecule has 0 saturated carbocycles. The summed E-state index contributed by atoms with van der Waals surface area (Å²) in [4.78, 5) is 7.16. The molecule has 1 aromatic carbocycles. The summed E-state index contributed by atoms with van der Waals surface area (Å²) in [6.45, 7) is 8.77. The first-order chi connectivity index (χ1) is 10.2. The van der Waals surface area contributed by atoms with E-state index in [-0.39, 0.29) is 0 Å². The summed E-state index contributed by atoms with van der Waals surface area (Å²) in [6.07, 6.45) is 2.03. The van der Waals surface area contributed by atoms with E-state index in [9.17, 15) is 0 Å². The first kappa shape index (κ1) is 14.1. The number of hydrogen-bond acceptors (Lipinski definition) is 3. The third-order valence-electron chi connectivity index (χ3n) is 3.82. The quantitative estimate of drug-likeness (QED) is 0.931. The van der Waals surface area contributed by atoms with Crippen molar-refractivity contribution in [2.45, 2.75) is 20.4 Å². The molecule has 2 aromatic rings. The Morgan fingerprint density at radius 2 is 2.05 bits per heavy atom. The average molecular weight is 281 g/mol. The minimum atomic E-state index is 0.697. The van der Waals surface area contributed by atoms with Crippen molar-refractivity contribution in [3.05, 3.63) is 48.2 Å². The average Bonchev–Trinajstić information content (AvgIpc) is 2.68. The maximum absolute atomic E-state index is 4.65. The number of pyridine rings is 1. The summed E-state index contributed by atoms with van der Waals surface area (Å²) in [5.41, 5.74) is 4.74. The summed E-state index contributed by atoms with van der Waals surface area (Å²) in [6, 6.07) is 12.5. The van der Waals surface area contributed by atoms with E-state index in [1.807, 2.05) is 12.3 Å². The van der Waals surface area contributed by atoms with Crippen LogP contribution in [0.3, 0.4) is 0 Å². The number of benzene rings is 1. The normalized spacial score (nSPS) is 15.4. The molecule has 2 heterocycles. The zero-order valence-electron chi connectivity index (χ0n) is 12.8. The second-order valence-corrected chi connectivity index (χ2v) is 6.15. The number of nitrogens with zero attached hydrogens (tertiary/aromatic N) is 2. The molecule has 3 nitrogen and oxygen atoms in total. The molecule has 0 aliphatic carbocycles. The molecule has 0 saturated heterocycles. The largest absolute Gasteiger partial charge is 0.383 e. The predicted octanol–water partition coefficient (Wildman–Crippen LogP) is 3.63. The zero-order valence-corrected chi connectivity index (χ0v) is 12.8. The van der Waals surface area contributed by atoms with Crippen LogP contribution >= 0.6 is 0 Å². The van der Waals surface area contributed by atoms with Crippen LogP contribution < -0.4 is 5.32 Å². The fourth-order valence-electron chi connectivity index (χ4n) is 2.88. The summed E-state index contributed by atoms with van der Waals surface area (Å²) in [5, 5.41) is 3.56. The smallest absolute Gasteiger partial charge is 0.0722 e. The van der Waals surface area contributed by atoms with Crippen molar-refractivity contribution in [1.29, 1.82) is 0 Å². The second kappa shape index (κ2) is 6.27. The highest BCUT2D eigenvalue weighted by molar-refractivity contribution is 5.66. The van der Waals surface area contributed by atoms with Crippen molar-refractivity contribution >= 4 is 5.69 Å². The fraction of sp³-hybridized carbons (Fsp3) is 0.389. The molecule has 1 N–H and O–H groups in total. The van der Waals surface area contributed by atoms with Crippen LogP contribution in [0.5, 0.6) is 0 Å². The van der Waals surface area contributed by atoms with E-state index in [0.717, 1.165) is 31.9 Å². The van der Waals surface area contributed by atoms with E-state index in [0.29, 0.717) is 5.92 Å². The van der Waals surface area contributed by atoms with E-state index in [2.05, 4.69) is 59.4 Å². The molecule has 1 aliphatic rings. The Morgan fingerprint density at radius 1 is 1.24 bits per heavy atom. The highest BCUT2D eigenvalue weighted by Crippen LogP contribution is 2.25. The third-order valence-corrected chi connectivity index (χ3v) is 3.82.